The number of pyridine rings is 1. The van der Waals surface area contributed by atoms with Crippen LogP contribution in [-0.4, -0.2) is 33.7 Å². The zero-order valence-electron chi connectivity index (χ0n) is 19.2. The van der Waals surface area contributed by atoms with Crippen molar-refractivity contribution in [2.75, 3.05) is 12.4 Å². The van der Waals surface area contributed by atoms with Gasteiger partial charge in [-0.05, 0) is 36.8 Å². The number of fused-ring (bicyclic) bond motifs is 1. The molecule has 0 radical (unpaired) electrons. The molecule has 2 heterocycles. The second-order valence-corrected chi connectivity index (χ2v) is 7.56. The number of carbonyl (C=O) groups excluding carboxylic acids is 2. The number of anilines is 2. The van der Waals surface area contributed by atoms with Crippen molar-refractivity contribution < 1.29 is 14.3 Å². The van der Waals surface area contributed by atoms with E-state index in [0.29, 0.717) is 35.2 Å². The molecule has 4 aromatic rings. The van der Waals surface area contributed by atoms with Gasteiger partial charge in [-0.1, -0.05) is 37.3 Å². The summed E-state index contributed by atoms with van der Waals surface area (Å²) in [5.41, 5.74) is 5.39. The zero-order chi connectivity index (χ0) is 24.8. The molecule has 0 saturated heterocycles. The minimum Gasteiger partial charge on any atom is -0.495 e. The first-order valence-corrected chi connectivity index (χ1v) is 11.0. The standard InChI is InChI=1S/C25H24N6O4/c1-3-15-31-25(34)17-10-5-4-9-16(17)21(30-31)24(33)29-28-23(32)18-11-8-14-26-22(18)27-19-12-6-7-13-20(19)35-2/h4-14H,3,15H2,1-2H3,(H,26,27)(H,28,32)(H,29,33). The van der Waals surface area contributed by atoms with E-state index in [2.05, 4.69) is 26.3 Å². The fourth-order valence-corrected chi connectivity index (χ4v) is 3.57. The number of hydrogen-bond donors (Lipinski definition) is 3. The summed E-state index contributed by atoms with van der Waals surface area (Å²) in [6.45, 7) is 2.28. The topological polar surface area (TPSA) is 127 Å². The lowest BCUT2D eigenvalue weighted by molar-refractivity contribution is 0.0844. The molecule has 3 N–H and O–H groups in total. The van der Waals surface area contributed by atoms with Gasteiger partial charge in [-0.2, -0.15) is 5.10 Å². The summed E-state index contributed by atoms with van der Waals surface area (Å²) in [5.74, 6) is -0.376. The maximum absolute atomic E-state index is 13.0. The van der Waals surface area contributed by atoms with Gasteiger partial charge in [0.15, 0.2) is 5.69 Å². The summed E-state index contributed by atoms with van der Waals surface area (Å²) < 4.78 is 6.60. The molecule has 0 aliphatic rings. The molecule has 0 bridgehead atoms. The molecule has 10 nitrogen and oxygen atoms in total. The minimum atomic E-state index is -0.650. The first-order chi connectivity index (χ1) is 17.0. The smallest absolute Gasteiger partial charge is 0.290 e. The Bertz CT molecular complexity index is 1450. The van der Waals surface area contributed by atoms with Crippen molar-refractivity contribution in [1.82, 2.24) is 25.6 Å². The number of hydrogen-bond acceptors (Lipinski definition) is 7. The van der Waals surface area contributed by atoms with Gasteiger partial charge in [-0.15, -0.1) is 0 Å². The molecular weight excluding hydrogens is 448 g/mol. The van der Waals surface area contributed by atoms with E-state index >= 15 is 0 Å². The van der Waals surface area contributed by atoms with Crippen LogP contribution < -0.4 is 26.5 Å². The second kappa shape index (κ2) is 10.5. The summed E-state index contributed by atoms with van der Waals surface area (Å²) in [5, 5.41) is 8.10. The van der Waals surface area contributed by atoms with Gasteiger partial charge in [0.2, 0.25) is 0 Å². The van der Waals surface area contributed by atoms with Crippen molar-refractivity contribution in [3.63, 3.8) is 0 Å². The van der Waals surface area contributed by atoms with Crippen LogP contribution in [0, 0.1) is 0 Å². The van der Waals surface area contributed by atoms with Crippen molar-refractivity contribution >= 4 is 34.1 Å². The summed E-state index contributed by atoms with van der Waals surface area (Å²) in [7, 11) is 1.55. The summed E-state index contributed by atoms with van der Waals surface area (Å²) in [6, 6.07) is 17.1. The highest BCUT2D eigenvalue weighted by Crippen LogP contribution is 2.27. The lowest BCUT2D eigenvalue weighted by Crippen LogP contribution is -2.43. The quantitative estimate of drug-likeness (QED) is 0.353. The molecule has 2 amide bonds. The molecule has 0 saturated carbocycles. The fourth-order valence-electron chi connectivity index (χ4n) is 3.57. The molecule has 2 aromatic heterocycles. The fraction of sp³-hybridized carbons (Fsp3) is 0.160. The number of benzene rings is 2. The number of rotatable bonds is 7. The molecule has 0 fully saturated rings. The summed E-state index contributed by atoms with van der Waals surface area (Å²) in [6.07, 6.45) is 2.21. The molecule has 4 rings (SSSR count). The van der Waals surface area contributed by atoms with Crippen LogP contribution >= 0.6 is 0 Å². The van der Waals surface area contributed by atoms with Crippen molar-refractivity contribution in [2.24, 2.45) is 0 Å². The van der Waals surface area contributed by atoms with Crippen LogP contribution in [0.3, 0.4) is 0 Å². The van der Waals surface area contributed by atoms with Crippen LogP contribution in [0.25, 0.3) is 10.8 Å². The normalized spacial score (nSPS) is 10.6. The Kier molecular flexibility index (Phi) is 7.01. The third-order valence-electron chi connectivity index (χ3n) is 5.22. The minimum absolute atomic E-state index is 0.0347. The van der Waals surface area contributed by atoms with Gasteiger partial charge < -0.3 is 10.1 Å². The molecular formula is C25H24N6O4. The van der Waals surface area contributed by atoms with E-state index in [9.17, 15) is 14.4 Å². The van der Waals surface area contributed by atoms with E-state index in [1.54, 1.807) is 61.8 Å². The maximum atomic E-state index is 13.0. The van der Waals surface area contributed by atoms with E-state index in [0.717, 1.165) is 0 Å². The van der Waals surface area contributed by atoms with Crippen LogP contribution in [0.2, 0.25) is 0 Å². The molecule has 35 heavy (non-hydrogen) atoms. The van der Waals surface area contributed by atoms with Crippen molar-refractivity contribution in [3.05, 3.63) is 88.5 Å². The number of carbonyl (C=O) groups is 2. The average molecular weight is 473 g/mol. The van der Waals surface area contributed by atoms with E-state index < -0.39 is 11.8 Å². The highest BCUT2D eigenvalue weighted by atomic mass is 16.5. The number of aryl methyl sites for hydroxylation is 1. The Labute approximate surface area is 200 Å². The number of para-hydroxylation sites is 2. The number of ether oxygens (including phenoxy) is 1. The van der Waals surface area contributed by atoms with Crippen LogP contribution in [0.5, 0.6) is 5.75 Å². The third kappa shape index (κ3) is 4.96. The van der Waals surface area contributed by atoms with Crippen LogP contribution in [0.1, 0.15) is 34.2 Å². The number of nitrogens with one attached hydrogen (secondary N) is 3. The molecule has 0 aliphatic carbocycles. The second-order valence-electron chi connectivity index (χ2n) is 7.56. The highest BCUT2D eigenvalue weighted by Gasteiger charge is 2.19. The molecule has 0 spiro atoms. The highest BCUT2D eigenvalue weighted by molar-refractivity contribution is 6.06. The molecule has 0 atom stereocenters. The molecule has 0 aliphatic heterocycles. The van der Waals surface area contributed by atoms with Gasteiger partial charge in [0.25, 0.3) is 17.4 Å². The first kappa shape index (κ1) is 23.4. The third-order valence-corrected chi connectivity index (χ3v) is 5.22. The monoisotopic (exact) mass is 472 g/mol. The largest absolute Gasteiger partial charge is 0.495 e. The molecule has 178 valence electrons. The van der Waals surface area contributed by atoms with Gasteiger partial charge in [0.05, 0.1) is 23.7 Å². The van der Waals surface area contributed by atoms with Crippen LogP contribution in [0.4, 0.5) is 11.5 Å². The molecule has 2 aromatic carbocycles. The number of methoxy groups -OCH3 is 1. The summed E-state index contributed by atoms with van der Waals surface area (Å²) in [4.78, 5) is 42.8. The van der Waals surface area contributed by atoms with E-state index in [-0.39, 0.29) is 22.6 Å². The Morgan fingerprint density at radius 3 is 2.43 bits per heavy atom. The van der Waals surface area contributed by atoms with Gasteiger partial charge in [-0.3, -0.25) is 25.2 Å². The Morgan fingerprint density at radius 2 is 1.66 bits per heavy atom. The number of hydrazine groups is 1. The van der Waals surface area contributed by atoms with Gasteiger partial charge in [-0.25, -0.2) is 9.67 Å². The SMILES string of the molecule is CCCn1nc(C(=O)NNC(=O)c2cccnc2Nc2ccccc2OC)c2ccccc2c1=O. The molecule has 0 unspecified atom stereocenters. The number of aromatic nitrogens is 3. The van der Waals surface area contributed by atoms with E-state index in [4.69, 9.17) is 4.74 Å². The predicted molar refractivity (Wildman–Crippen MR) is 132 cm³/mol. The van der Waals surface area contributed by atoms with Gasteiger partial charge >= 0.3 is 0 Å². The van der Waals surface area contributed by atoms with E-state index in [1.807, 2.05) is 19.1 Å². The van der Waals surface area contributed by atoms with Crippen LogP contribution in [-0.2, 0) is 6.54 Å². The predicted octanol–water partition coefficient (Wildman–Crippen LogP) is 3.03. The Morgan fingerprint density at radius 1 is 0.943 bits per heavy atom. The number of nitrogens with zero attached hydrogens (tertiary/aromatic N) is 3. The molecule has 10 heteroatoms. The lowest BCUT2D eigenvalue weighted by atomic mass is 10.1. The van der Waals surface area contributed by atoms with E-state index in [1.165, 1.54) is 4.68 Å². The first-order valence-electron chi connectivity index (χ1n) is 11.0. The summed E-state index contributed by atoms with van der Waals surface area (Å²) >= 11 is 0. The Hall–Kier alpha value is -4.73. The zero-order valence-corrected chi connectivity index (χ0v) is 19.2. The van der Waals surface area contributed by atoms with Gasteiger partial charge in [0.1, 0.15) is 11.6 Å². The van der Waals surface area contributed by atoms with Crippen molar-refractivity contribution in [3.8, 4) is 5.75 Å². The average Bonchev–Trinajstić information content (AvgIpc) is 2.89. The van der Waals surface area contributed by atoms with Gasteiger partial charge in [0, 0.05) is 18.1 Å². The Balaban J connectivity index is 1.56. The number of amides is 2. The lowest BCUT2D eigenvalue weighted by Gasteiger charge is -2.14. The van der Waals surface area contributed by atoms with Crippen LogP contribution in [0.15, 0.2) is 71.7 Å². The van der Waals surface area contributed by atoms with Crippen molar-refractivity contribution in [1.29, 1.82) is 0 Å². The maximum Gasteiger partial charge on any atom is 0.290 e. The van der Waals surface area contributed by atoms with Crippen molar-refractivity contribution in [2.45, 2.75) is 19.9 Å².